The van der Waals surface area contributed by atoms with Crippen molar-refractivity contribution in [1.82, 2.24) is 5.32 Å². The Hall–Kier alpha value is 0.0700. The maximum atomic E-state index is 11.5. The molecule has 3 N–H and O–H groups in total. The summed E-state index contributed by atoms with van der Waals surface area (Å²) in [6, 6.07) is 0. The van der Waals surface area contributed by atoms with Gasteiger partial charge in [-0.05, 0) is 25.5 Å². The Morgan fingerprint density at radius 2 is 2.20 bits per heavy atom. The molecule has 0 aromatic heterocycles. The highest BCUT2D eigenvalue weighted by atomic mass is 35.5. The Morgan fingerprint density at radius 1 is 1.60 bits per heavy atom. The molecule has 1 saturated carbocycles. The minimum Gasteiger partial charge on any atom is -0.354 e. The largest absolute Gasteiger partial charge is 0.354 e. The van der Waals surface area contributed by atoms with E-state index in [2.05, 4.69) is 5.32 Å². The molecule has 15 heavy (non-hydrogen) atoms. The number of carbonyl (C=O) groups is 1. The minimum atomic E-state index is -0.102. The molecule has 0 bridgehead atoms. The van der Waals surface area contributed by atoms with Crippen molar-refractivity contribution in [2.24, 2.45) is 11.7 Å². The molecular weight excluding hydrogens is 232 g/mol. The quantitative estimate of drug-likeness (QED) is 0.778. The van der Waals surface area contributed by atoms with Gasteiger partial charge in [-0.15, -0.1) is 12.4 Å². The standard InChI is InChI=1S/C10H20N2OS.ClH/c1-8(6-14-2)9(13)12-7-10(11)4-3-5-10;/h8H,3-7,11H2,1-2H3,(H,12,13);1H. The van der Waals surface area contributed by atoms with Gasteiger partial charge in [-0.3, -0.25) is 4.79 Å². The van der Waals surface area contributed by atoms with Gasteiger partial charge in [0, 0.05) is 23.8 Å². The lowest BCUT2D eigenvalue weighted by Crippen LogP contribution is -2.55. The second-order valence-corrected chi connectivity index (χ2v) is 5.20. The molecule has 0 saturated heterocycles. The Balaban J connectivity index is 0.00000196. The van der Waals surface area contributed by atoms with Crippen LogP contribution in [0.4, 0.5) is 0 Å². The zero-order chi connectivity index (χ0) is 10.6. The fourth-order valence-electron chi connectivity index (χ4n) is 1.57. The summed E-state index contributed by atoms with van der Waals surface area (Å²) in [5, 5.41) is 2.93. The lowest BCUT2D eigenvalue weighted by molar-refractivity contribution is -0.124. The molecule has 90 valence electrons. The van der Waals surface area contributed by atoms with Gasteiger partial charge in [-0.1, -0.05) is 6.92 Å². The molecule has 0 aromatic carbocycles. The number of hydrogen-bond acceptors (Lipinski definition) is 3. The lowest BCUT2D eigenvalue weighted by atomic mass is 9.78. The number of nitrogens with two attached hydrogens (primary N) is 1. The van der Waals surface area contributed by atoms with Crippen LogP contribution in [0.5, 0.6) is 0 Å². The Bertz CT molecular complexity index is 210. The Labute approximate surface area is 102 Å². The van der Waals surface area contributed by atoms with E-state index in [0.29, 0.717) is 6.54 Å². The number of amides is 1. The lowest BCUT2D eigenvalue weighted by Gasteiger charge is -2.38. The van der Waals surface area contributed by atoms with E-state index in [9.17, 15) is 4.79 Å². The van der Waals surface area contributed by atoms with Crippen LogP contribution < -0.4 is 11.1 Å². The van der Waals surface area contributed by atoms with Crippen LogP contribution in [0.2, 0.25) is 0 Å². The first kappa shape index (κ1) is 15.1. The monoisotopic (exact) mass is 252 g/mol. The molecule has 5 heteroatoms. The second kappa shape index (κ2) is 6.61. The number of rotatable bonds is 5. The van der Waals surface area contributed by atoms with E-state index in [1.807, 2.05) is 13.2 Å². The average molecular weight is 253 g/mol. The number of carbonyl (C=O) groups excluding carboxylic acids is 1. The summed E-state index contributed by atoms with van der Waals surface area (Å²) in [4.78, 5) is 11.5. The molecule has 0 spiro atoms. The molecule has 0 heterocycles. The van der Waals surface area contributed by atoms with Gasteiger partial charge in [-0.25, -0.2) is 0 Å². The zero-order valence-electron chi connectivity index (χ0n) is 9.41. The molecular formula is C10H21ClN2OS. The molecule has 1 aliphatic rings. The van der Waals surface area contributed by atoms with Gasteiger partial charge in [0.2, 0.25) is 5.91 Å². The summed E-state index contributed by atoms with van der Waals surface area (Å²) in [5.74, 6) is 1.10. The second-order valence-electron chi connectivity index (χ2n) is 4.29. The van der Waals surface area contributed by atoms with Crippen molar-refractivity contribution in [3.8, 4) is 0 Å². The molecule has 1 aliphatic carbocycles. The summed E-state index contributed by atoms with van der Waals surface area (Å²) in [6.45, 7) is 2.60. The van der Waals surface area contributed by atoms with Crippen molar-refractivity contribution in [1.29, 1.82) is 0 Å². The van der Waals surface area contributed by atoms with Crippen LogP contribution in [0, 0.1) is 5.92 Å². The van der Waals surface area contributed by atoms with Crippen molar-refractivity contribution in [2.75, 3.05) is 18.6 Å². The predicted octanol–water partition coefficient (Wildman–Crippen LogP) is 1.40. The molecule has 1 unspecified atom stereocenters. The fraction of sp³-hybridized carbons (Fsp3) is 0.900. The smallest absolute Gasteiger partial charge is 0.223 e. The highest BCUT2D eigenvalue weighted by Gasteiger charge is 2.32. The SMILES string of the molecule is CSCC(C)C(=O)NCC1(N)CCC1.Cl. The van der Waals surface area contributed by atoms with Crippen LogP contribution >= 0.6 is 24.2 Å². The molecule has 0 radical (unpaired) electrons. The van der Waals surface area contributed by atoms with Crippen molar-refractivity contribution < 1.29 is 4.79 Å². The Kier molecular flexibility index (Phi) is 6.64. The van der Waals surface area contributed by atoms with Crippen molar-refractivity contribution in [2.45, 2.75) is 31.7 Å². The van der Waals surface area contributed by atoms with Gasteiger partial charge < -0.3 is 11.1 Å². The molecule has 0 aliphatic heterocycles. The number of hydrogen-bond donors (Lipinski definition) is 2. The van der Waals surface area contributed by atoms with E-state index in [1.165, 1.54) is 6.42 Å². The maximum Gasteiger partial charge on any atom is 0.223 e. The number of nitrogens with one attached hydrogen (secondary N) is 1. The predicted molar refractivity (Wildman–Crippen MR) is 68.6 cm³/mol. The van der Waals surface area contributed by atoms with E-state index in [4.69, 9.17) is 5.73 Å². The van der Waals surface area contributed by atoms with Crippen LogP contribution in [0.1, 0.15) is 26.2 Å². The van der Waals surface area contributed by atoms with Crippen LogP contribution in [0.25, 0.3) is 0 Å². The Morgan fingerprint density at radius 3 is 2.60 bits per heavy atom. The normalized spacial score (nSPS) is 19.7. The third-order valence-electron chi connectivity index (χ3n) is 2.83. The highest BCUT2D eigenvalue weighted by Crippen LogP contribution is 2.28. The van der Waals surface area contributed by atoms with E-state index >= 15 is 0 Å². The summed E-state index contributed by atoms with van der Waals surface area (Å²) in [7, 11) is 0. The average Bonchev–Trinajstić information content (AvgIpc) is 2.11. The highest BCUT2D eigenvalue weighted by molar-refractivity contribution is 7.98. The number of thioether (sulfide) groups is 1. The third kappa shape index (κ3) is 4.62. The van der Waals surface area contributed by atoms with E-state index in [-0.39, 0.29) is 29.8 Å². The summed E-state index contributed by atoms with van der Waals surface area (Å²) in [6.07, 6.45) is 5.31. The van der Waals surface area contributed by atoms with Gasteiger partial charge in [0.15, 0.2) is 0 Å². The van der Waals surface area contributed by atoms with E-state index in [1.54, 1.807) is 11.8 Å². The topological polar surface area (TPSA) is 55.1 Å². The first-order chi connectivity index (χ1) is 6.57. The first-order valence-corrected chi connectivity index (χ1v) is 6.52. The molecule has 1 fully saturated rings. The van der Waals surface area contributed by atoms with Gasteiger partial charge >= 0.3 is 0 Å². The van der Waals surface area contributed by atoms with Gasteiger partial charge in [0.05, 0.1) is 0 Å². The van der Waals surface area contributed by atoms with E-state index in [0.717, 1.165) is 18.6 Å². The molecule has 0 aromatic rings. The van der Waals surface area contributed by atoms with Gasteiger partial charge in [0.1, 0.15) is 0 Å². The van der Waals surface area contributed by atoms with Gasteiger partial charge in [0.25, 0.3) is 0 Å². The van der Waals surface area contributed by atoms with Crippen molar-refractivity contribution >= 4 is 30.1 Å². The maximum absolute atomic E-state index is 11.5. The minimum absolute atomic E-state index is 0. The summed E-state index contributed by atoms with van der Waals surface area (Å²) < 4.78 is 0. The van der Waals surface area contributed by atoms with Crippen LogP contribution in [0.15, 0.2) is 0 Å². The van der Waals surface area contributed by atoms with Crippen LogP contribution in [0.3, 0.4) is 0 Å². The fourth-order valence-corrected chi connectivity index (χ4v) is 2.22. The van der Waals surface area contributed by atoms with Crippen molar-refractivity contribution in [3.05, 3.63) is 0 Å². The number of halogens is 1. The van der Waals surface area contributed by atoms with Crippen molar-refractivity contribution in [3.63, 3.8) is 0 Å². The third-order valence-corrected chi connectivity index (χ3v) is 3.66. The van der Waals surface area contributed by atoms with Crippen LogP contribution in [-0.4, -0.2) is 30.0 Å². The van der Waals surface area contributed by atoms with Gasteiger partial charge in [-0.2, -0.15) is 11.8 Å². The zero-order valence-corrected chi connectivity index (χ0v) is 11.0. The molecule has 1 rings (SSSR count). The molecule has 1 atom stereocenters. The first-order valence-electron chi connectivity index (χ1n) is 5.13. The van der Waals surface area contributed by atoms with E-state index < -0.39 is 0 Å². The summed E-state index contributed by atoms with van der Waals surface area (Å²) >= 11 is 1.70. The molecule has 3 nitrogen and oxygen atoms in total. The summed E-state index contributed by atoms with van der Waals surface area (Å²) in [5.41, 5.74) is 5.90. The molecule has 1 amide bonds. The van der Waals surface area contributed by atoms with Crippen LogP contribution in [-0.2, 0) is 4.79 Å².